The first-order valence-electron chi connectivity index (χ1n) is 7.21. The third kappa shape index (κ3) is 6.57. The summed E-state index contributed by atoms with van der Waals surface area (Å²) in [7, 11) is 0. The molecule has 1 rings (SSSR count). The Hall–Kier alpha value is -1.10. The Morgan fingerprint density at radius 1 is 1.21 bits per heavy atom. The summed E-state index contributed by atoms with van der Waals surface area (Å²) in [5.74, 6) is -0.0935. The number of carbonyl (C=O) groups is 2. The van der Waals surface area contributed by atoms with Crippen LogP contribution in [-0.4, -0.2) is 59.5 Å². The second kappa shape index (κ2) is 8.15. The molecule has 0 bridgehead atoms. The SMILES string of the molecule is CC(C)CCN(CCC(=O)O)CC(=O)N1CCCC1. The summed E-state index contributed by atoms with van der Waals surface area (Å²) in [5, 5.41) is 8.76. The Kier molecular flexibility index (Phi) is 6.84. The molecule has 1 N–H and O–H groups in total. The van der Waals surface area contributed by atoms with Crippen LogP contribution in [0.4, 0.5) is 0 Å². The monoisotopic (exact) mass is 270 g/mol. The summed E-state index contributed by atoms with van der Waals surface area (Å²) in [5.41, 5.74) is 0. The van der Waals surface area contributed by atoms with Crippen LogP contribution in [0.25, 0.3) is 0 Å². The van der Waals surface area contributed by atoms with Crippen LogP contribution in [-0.2, 0) is 9.59 Å². The Balaban J connectivity index is 2.41. The quantitative estimate of drug-likeness (QED) is 0.725. The van der Waals surface area contributed by atoms with Crippen molar-refractivity contribution < 1.29 is 14.7 Å². The van der Waals surface area contributed by atoms with Crippen molar-refractivity contribution >= 4 is 11.9 Å². The van der Waals surface area contributed by atoms with E-state index in [2.05, 4.69) is 13.8 Å². The number of hydrogen-bond acceptors (Lipinski definition) is 3. The molecule has 0 radical (unpaired) electrons. The van der Waals surface area contributed by atoms with Gasteiger partial charge in [0.2, 0.25) is 5.91 Å². The normalized spacial score (nSPS) is 15.5. The molecular weight excluding hydrogens is 244 g/mol. The minimum absolute atomic E-state index is 0.103. The molecule has 0 aromatic heterocycles. The zero-order valence-corrected chi connectivity index (χ0v) is 12.1. The molecule has 0 atom stereocenters. The highest BCUT2D eigenvalue weighted by molar-refractivity contribution is 5.78. The van der Waals surface area contributed by atoms with E-state index in [9.17, 15) is 9.59 Å². The van der Waals surface area contributed by atoms with Crippen molar-refractivity contribution in [1.82, 2.24) is 9.80 Å². The maximum Gasteiger partial charge on any atom is 0.304 e. The first-order chi connectivity index (χ1) is 8.99. The molecule has 0 spiro atoms. The number of carboxylic acids is 1. The number of aliphatic carboxylic acids is 1. The van der Waals surface area contributed by atoms with Gasteiger partial charge in [-0.05, 0) is 31.7 Å². The Bertz CT molecular complexity index is 299. The third-order valence-electron chi connectivity index (χ3n) is 3.48. The van der Waals surface area contributed by atoms with Gasteiger partial charge in [0, 0.05) is 19.6 Å². The molecule has 0 aromatic carbocycles. The van der Waals surface area contributed by atoms with Crippen molar-refractivity contribution in [2.45, 2.75) is 39.5 Å². The molecule has 1 amide bonds. The lowest BCUT2D eigenvalue weighted by molar-refractivity contribution is -0.138. The standard InChI is InChI=1S/C14H26N2O3/c1-12(2)5-9-15(10-6-14(18)19)11-13(17)16-7-3-4-8-16/h12H,3-11H2,1-2H3,(H,18,19). The molecule has 0 aromatic rings. The minimum Gasteiger partial charge on any atom is -0.481 e. The van der Waals surface area contributed by atoms with Crippen molar-refractivity contribution in [1.29, 1.82) is 0 Å². The third-order valence-corrected chi connectivity index (χ3v) is 3.48. The summed E-state index contributed by atoms with van der Waals surface area (Å²) in [6.07, 6.45) is 3.28. The summed E-state index contributed by atoms with van der Waals surface area (Å²) < 4.78 is 0. The lowest BCUT2D eigenvalue weighted by Crippen LogP contribution is -2.40. The van der Waals surface area contributed by atoms with Crippen molar-refractivity contribution in [3.05, 3.63) is 0 Å². The van der Waals surface area contributed by atoms with Crippen molar-refractivity contribution in [2.24, 2.45) is 5.92 Å². The molecule has 1 aliphatic heterocycles. The predicted molar refractivity (Wildman–Crippen MR) is 74.0 cm³/mol. The van der Waals surface area contributed by atoms with E-state index in [0.717, 1.165) is 38.9 Å². The average Bonchev–Trinajstić information content (AvgIpc) is 2.85. The molecule has 1 fully saturated rings. The van der Waals surface area contributed by atoms with Crippen LogP contribution in [0, 0.1) is 5.92 Å². The topological polar surface area (TPSA) is 60.9 Å². The van der Waals surface area contributed by atoms with Crippen molar-refractivity contribution in [3.63, 3.8) is 0 Å². The van der Waals surface area contributed by atoms with Crippen molar-refractivity contribution in [3.8, 4) is 0 Å². The number of nitrogens with zero attached hydrogens (tertiary/aromatic N) is 2. The first-order valence-corrected chi connectivity index (χ1v) is 7.21. The van der Waals surface area contributed by atoms with Crippen LogP contribution in [0.5, 0.6) is 0 Å². The van der Waals surface area contributed by atoms with E-state index in [1.807, 2.05) is 9.80 Å². The number of rotatable bonds is 8. The van der Waals surface area contributed by atoms with E-state index in [-0.39, 0.29) is 12.3 Å². The highest BCUT2D eigenvalue weighted by Gasteiger charge is 2.20. The van der Waals surface area contributed by atoms with Gasteiger partial charge < -0.3 is 10.0 Å². The fourth-order valence-corrected chi connectivity index (χ4v) is 2.22. The maximum atomic E-state index is 12.1. The molecule has 1 aliphatic rings. The van der Waals surface area contributed by atoms with Gasteiger partial charge >= 0.3 is 5.97 Å². The molecule has 5 nitrogen and oxygen atoms in total. The molecule has 0 unspecified atom stereocenters. The first kappa shape index (κ1) is 16.0. The van der Waals surface area contributed by atoms with Gasteiger partial charge in [-0.15, -0.1) is 0 Å². The number of hydrogen-bond donors (Lipinski definition) is 1. The van der Waals surface area contributed by atoms with Gasteiger partial charge in [0.05, 0.1) is 13.0 Å². The zero-order valence-electron chi connectivity index (χ0n) is 12.1. The highest BCUT2D eigenvalue weighted by Crippen LogP contribution is 2.09. The van der Waals surface area contributed by atoms with E-state index in [0.29, 0.717) is 19.0 Å². The van der Waals surface area contributed by atoms with Crippen LogP contribution in [0.3, 0.4) is 0 Å². The summed E-state index contributed by atoms with van der Waals surface area (Å²) in [6, 6.07) is 0. The average molecular weight is 270 g/mol. The molecule has 0 aliphatic carbocycles. The second-order valence-corrected chi connectivity index (χ2v) is 5.69. The van der Waals surface area contributed by atoms with Gasteiger partial charge in [-0.3, -0.25) is 14.5 Å². The van der Waals surface area contributed by atoms with Gasteiger partial charge in [0.25, 0.3) is 0 Å². The molecule has 5 heteroatoms. The van der Waals surface area contributed by atoms with Crippen LogP contribution >= 0.6 is 0 Å². The van der Waals surface area contributed by atoms with Crippen molar-refractivity contribution in [2.75, 3.05) is 32.7 Å². The number of amides is 1. The van der Waals surface area contributed by atoms with Crippen LogP contribution in [0.15, 0.2) is 0 Å². The van der Waals surface area contributed by atoms with Gasteiger partial charge in [-0.2, -0.15) is 0 Å². The van der Waals surface area contributed by atoms with E-state index in [4.69, 9.17) is 5.11 Å². The van der Waals surface area contributed by atoms with Gasteiger partial charge in [-0.25, -0.2) is 0 Å². The molecule has 0 saturated carbocycles. The minimum atomic E-state index is -0.803. The van der Waals surface area contributed by atoms with Gasteiger partial charge in [-0.1, -0.05) is 13.8 Å². The van der Waals surface area contributed by atoms with Crippen LogP contribution in [0.2, 0.25) is 0 Å². The largest absolute Gasteiger partial charge is 0.481 e. The van der Waals surface area contributed by atoms with E-state index >= 15 is 0 Å². The van der Waals surface area contributed by atoms with E-state index in [1.165, 1.54) is 0 Å². The Morgan fingerprint density at radius 3 is 2.37 bits per heavy atom. The fourth-order valence-electron chi connectivity index (χ4n) is 2.22. The van der Waals surface area contributed by atoms with E-state index in [1.54, 1.807) is 0 Å². The molecule has 19 heavy (non-hydrogen) atoms. The van der Waals surface area contributed by atoms with E-state index < -0.39 is 5.97 Å². The highest BCUT2D eigenvalue weighted by atomic mass is 16.4. The molecule has 1 heterocycles. The smallest absolute Gasteiger partial charge is 0.304 e. The molecule has 1 saturated heterocycles. The molecular formula is C14H26N2O3. The van der Waals surface area contributed by atoms with Crippen LogP contribution in [0.1, 0.15) is 39.5 Å². The van der Waals surface area contributed by atoms with Gasteiger partial charge in [0.15, 0.2) is 0 Å². The zero-order chi connectivity index (χ0) is 14.3. The summed E-state index contributed by atoms with van der Waals surface area (Å²) in [6.45, 7) is 7.60. The summed E-state index contributed by atoms with van der Waals surface area (Å²) >= 11 is 0. The number of likely N-dealkylation sites (tertiary alicyclic amines) is 1. The lowest BCUT2D eigenvalue weighted by Gasteiger charge is -2.25. The Labute approximate surface area is 115 Å². The number of carbonyl (C=O) groups excluding carboxylic acids is 1. The Morgan fingerprint density at radius 2 is 1.84 bits per heavy atom. The predicted octanol–water partition coefficient (Wildman–Crippen LogP) is 1.43. The van der Waals surface area contributed by atoms with Gasteiger partial charge in [0.1, 0.15) is 0 Å². The second-order valence-electron chi connectivity index (χ2n) is 5.69. The van der Waals surface area contributed by atoms with Crippen LogP contribution < -0.4 is 0 Å². The molecule has 110 valence electrons. The fraction of sp³-hybridized carbons (Fsp3) is 0.857. The lowest BCUT2D eigenvalue weighted by atomic mass is 10.1. The number of carboxylic acid groups (broad SMARTS) is 1. The maximum absolute atomic E-state index is 12.1. The summed E-state index contributed by atoms with van der Waals surface area (Å²) in [4.78, 5) is 26.6.